The predicted molar refractivity (Wildman–Crippen MR) is 54.9 cm³/mol. The minimum Gasteiger partial charge on any atom is -0.479 e. The maximum atomic E-state index is 11.0. The average Bonchev–Trinajstić information content (AvgIpc) is 2.51. The van der Waals surface area contributed by atoms with Crippen molar-refractivity contribution in [1.82, 2.24) is 0 Å². The highest BCUT2D eigenvalue weighted by Crippen LogP contribution is 2.32. The van der Waals surface area contributed by atoms with Crippen molar-refractivity contribution in [3.63, 3.8) is 0 Å². The minimum atomic E-state index is -0.988. The highest BCUT2D eigenvalue weighted by atomic mass is 16.5. The summed E-state index contributed by atoms with van der Waals surface area (Å²) >= 11 is 0. The van der Waals surface area contributed by atoms with Crippen molar-refractivity contribution in [2.24, 2.45) is 0 Å². The Balaban J connectivity index is 3.11. The maximum absolute atomic E-state index is 11.0. The van der Waals surface area contributed by atoms with Gasteiger partial charge in [-0.2, -0.15) is 0 Å². The fourth-order valence-electron chi connectivity index (χ4n) is 1.86. The predicted octanol–water partition coefficient (Wildman–Crippen LogP) is 1.97. The van der Waals surface area contributed by atoms with E-state index in [-0.39, 0.29) is 0 Å². The van der Waals surface area contributed by atoms with E-state index in [1.54, 1.807) is 20.1 Å². The van der Waals surface area contributed by atoms with Crippen LogP contribution in [0.15, 0.2) is 16.7 Å². The molecule has 1 N–H and O–H groups in total. The number of furan rings is 1. The van der Waals surface area contributed by atoms with E-state index in [2.05, 4.69) is 0 Å². The number of hydrogen-bond acceptors (Lipinski definition) is 3. The SMILES string of the molecule is COC(C(=O)O)C(C)(C)c1occc1C. The van der Waals surface area contributed by atoms with Gasteiger partial charge in [-0.15, -0.1) is 0 Å². The van der Waals surface area contributed by atoms with Crippen molar-refractivity contribution in [3.8, 4) is 0 Å². The van der Waals surface area contributed by atoms with Gasteiger partial charge >= 0.3 is 5.97 Å². The molecule has 1 atom stereocenters. The lowest BCUT2D eigenvalue weighted by Gasteiger charge is -2.28. The summed E-state index contributed by atoms with van der Waals surface area (Å²) in [5.74, 6) is -0.338. The second kappa shape index (κ2) is 4.06. The molecule has 0 aliphatic rings. The minimum absolute atomic E-state index is 0.650. The zero-order valence-corrected chi connectivity index (χ0v) is 9.40. The number of hydrogen-bond donors (Lipinski definition) is 1. The summed E-state index contributed by atoms with van der Waals surface area (Å²) < 4.78 is 10.3. The number of carboxylic acid groups (broad SMARTS) is 1. The second-order valence-corrected chi connectivity index (χ2v) is 4.11. The molecule has 84 valence electrons. The van der Waals surface area contributed by atoms with Gasteiger partial charge in [0, 0.05) is 7.11 Å². The number of ether oxygens (including phenoxy) is 1. The third-order valence-corrected chi connectivity index (χ3v) is 2.56. The van der Waals surface area contributed by atoms with E-state index in [0.717, 1.165) is 5.56 Å². The fourth-order valence-corrected chi connectivity index (χ4v) is 1.86. The third kappa shape index (κ3) is 2.04. The summed E-state index contributed by atoms with van der Waals surface area (Å²) in [5, 5.41) is 9.03. The molecule has 0 aromatic carbocycles. The first-order chi connectivity index (χ1) is 6.91. The Bertz CT molecular complexity index is 351. The molecule has 1 unspecified atom stereocenters. The molecule has 1 aromatic heterocycles. The number of methoxy groups -OCH3 is 1. The Morgan fingerprint density at radius 3 is 2.53 bits per heavy atom. The Labute approximate surface area is 88.8 Å². The summed E-state index contributed by atoms with van der Waals surface area (Å²) in [6, 6.07) is 1.81. The molecule has 4 heteroatoms. The fraction of sp³-hybridized carbons (Fsp3) is 0.545. The van der Waals surface area contributed by atoms with Gasteiger partial charge in [-0.1, -0.05) is 0 Å². The maximum Gasteiger partial charge on any atom is 0.333 e. The first kappa shape index (κ1) is 11.8. The van der Waals surface area contributed by atoms with Crippen LogP contribution >= 0.6 is 0 Å². The van der Waals surface area contributed by atoms with Gasteiger partial charge in [0.15, 0.2) is 6.10 Å². The zero-order valence-electron chi connectivity index (χ0n) is 9.40. The van der Waals surface area contributed by atoms with E-state index >= 15 is 0 Å². The molecule has 0 aliphatic heterocycles. The number of aryl methyl sites for hydroxylation is 1. The molecule has 4 nitrogen and oxygen atoms in total. The lowest BCUT2D eigenvalue weighted by atomic mass is 9.82. The Morgan fingerprint density at radius 1 is 1.60 bits per heavy atom. The zero-order chi connectivity index (χ0) is 11.6. The van der Waals surface area contributed by atoms with Gasteiger partial charge in [0.05, 0.1) is 11.7 Å². The van der Waals surface area contributed by atoms with E-state index in [1.165, 1.54) is 7.11 Å². The van der Waals surface area contributed by atoms with Gasteiger partial charge < -0.3 is 14.3 Å². The van der Waals surface area contributed by atoms with Crippen molar-refractivity contribution in [3.05, 3.63) is 23.7 Å². The van der Waals surface area contributed by atoms with E-state index in [4.69, 9.17) is 14.3 Å². The highest BCUT2D eigenvalue weighted by Gasteiger charge is 2.40. The van der Waals surface area contributed by atoms with Crippen molar-refractivity contribution >= 4 is 5.97 Å². The Morgan fingerprint density at radius 2 is 2.20 bits per heavy atom. The van der Waals surface area contributed by atoms with Crippen molar-refractivity contribution in [2.75, 3.05) is 7.11 Å². The molecular formula is C11H16O4. The molecule has 1 aromatic rings. The first-order valence-electron chi connectivity index (χ1n) is 4.71. The van der Waals surface area contributed by atoms with Crippen molar-refractivity contribution in [2.45, 2.75) is 32.3 Å². The van der Waals surface area contributed by atoms with Crippen molar-refractivity contribution < 1.29 is 19.1 Å². The second-order valence-electron chi connectivity index (χ2n) is 4.11. The normalized spacial score (nSPS) is 13.9. The quantitative estimate of drug-likeness (QED) is 0.828. The molecule has 1 rings (SSSR count). The molecule has 0 amide bonds. The monoisotopic (exact) mass is 212 g/mol. The van der Waals surface area contributed by atoms with Gasteiger partial charge in [0.2, 0.25) is 0 Å². The summed E-state index contributed by atoms with van der Waals surface area (Å²) in [4.78, 5) is 11.0. The van der Waals surface area contributed by atoms with E-state index < -0.39 is 17.5 Å². The first-order valence-corrected chi connectivity index (χ1v) is 4.71. The number of carboxylic acids is 1. The number of aliphatic carboxylic acids is 1. The molecule has 0 saturated heterocycles. The highest BCUT2D eigenvalue weighted by molar-refractivity contribution is 5.74. The molecule has 0 aliphatic carbocycles. The average molecular weight is 212 g/mol. The van der Waals surface area contributed by atoms with Crippen molar-refractivity contribution in [1.29, 1.82) is 0 Å². The standard InChI is InChI=1S/C11H16O4/c1-7-5-6-15-8(7)11(2,3)9(14-4)10(12)13/h5-6,9H,1-4H3,(H,12,13). The van der Waals surface area contributed by atoms with Gasteiger partial charge in [-0.3, -0.25) is 0 Å². The topological polar surface area (TPSA) is 59.7 Å². The lowest BCUT2D eigenvalue weighted by molar-refractivity contribution is -0.153. The van der Waals surface area contributed by atoms with Crippen LogP contribution in [0.1, 0.15) is 25.2 Å². The smallest absolute Gasteiger partial charge is 0.333 e. The van der Waals surface area contributed by atoms with Crippen LogP contribution in [-0.4, -0.2) is 24.3 Å². The van der Waals surface area contributed by atoms with E-state index in [1.807, 2.05) is 13.0 Å². The van der Waals surface area contributed by atoms with Gasteiger partial charge in [-0.05, 0) is 32.4 Å². The third-order valence-electron chi connectivity index (χ3n) is 2.56. The van der Waals surface area contributed by atoms with Crippen LogP contribution in [0.25, 0.3) is 0 Å². The number of rotatable bonds is 4. The van der Waals surface area contributed by atoms with E-state index in [0.29, 0.717) is 5.76 Å². The van der Waals surface area contributed by atoms with Gasteiger partial charge in [0.25, 0.3) is 0 Å². The van der Waals surface area contributed by atoms with Gasteiger partial charge in [-0.25, -0.2) is 4.79 Å². The molecular weight excluding hydrogens is 196 g/mol. The van der Waals surface area contributed by atoms with Crippen LogP contribution in [-0.2, 0) is 14.9 Å². The molecule has 15 heavy (non-hydrogen) atoms. The molecule has 0 fully saturated rings. The Hall–Kier alpha value is -1.29. The summed E-state index contributed by atoms with van der Waals surface area (Å²) in [5.41, 5.74) is 0.247. The lowest BCUT2D eigenvalue weighted by Crippen LogP contribution is -2.41. The van der Waals surface area contributed by atoms with Crippen LogP contribution < -0.4 is 0 Å². The van der Waals surface area contributed by atoms with Crippen LogP contribution in [0.2, 0.25) is 0 Å². The molecule has 0 spiro atoms. The van der Waals surface area contributed by atoms with Gasteiger partial charge in [0.1, 0.15) is 5.76 Å². The van der Waals surface area contributed by atoms with Crippen LogP contribution in [0.4, 0.5) is 0 Å². The van der Waals surface area contributed by atoms with E-state index in [9.17, 15) is 4.79 Å². The van der Waals surface area contributed by atoms with Crippen LogP contribution in [0, 0.1) is 6.92 Å². The summed E-state index contributed by atoms with van der Waals surface area (Å²) in [6.07, 6.45) is 0.642. The van der Waals surface area contributed by atoms with Crippen LogP contribution in [0.3, 0.4) is 0 Å². The molecule has 0 radical (unpaired) electrons. The molecule has 0 saturated carbocycles. The number of carbonyl (C=O) groups is 1. The summed E-state index contributed by atoms with van der Waals surface area (Å²) in [6.45, 7) is 5.47. The summed E-state index contributed by atoms with van der Waals surface area (Å²) in [7, 11) is 1.39. The molecule has 0 bridgehead atoms. The van der Waals surface area contributed by atoms with Crippen LogP contribution in [0.5, 0.6) is 0 Å². The molecule has 1 heterocycles. The Kier molecular flexibility index (Phi) is 3.19. The largest absolute Gasteiger partial charge is 0.479 e.